The Bertz CT molecular complexity index is 1090. The molecule has 10 heteroatoms. The zero-order valence-corrected chi connectivity index (χ0v) is 18.0. The molecule has 3 rings (SSSR count). The maximum Gasteiger partial charge on any atom is 0.422 e. The number of aryl methyl sites for hydroxylation is 2. The van der Waals surface area contributed by atoms with Crippen molar-refractivity contribution in [1.82, 2.24) is 9.97 Å². The summed E-state index contributed by atoms with van der Waals surface area (Å²) in [6.07, 6.45) is -0.765. The molecule has 0 saturated carbocycles. The van der Waals surface area contributed by atoms with Crippen LogP contribution in [0.15, 0.2) is 54.9 Å². The van der Waals surface area contributed by atoms with Gasteiger partial charge in [-0.15, -0.1) is 0 Å². The molecule has 0 atom stereocenters. The first-order valence-electron chi connectivity index (χ1n) is 9.95. The summed E-state index contributed by atoms with van der Waals surface area (Å²) in [5.74, 6) is 0.485. The van der Waals surface area contributed by atoms with Crippen molar-refractivity contribution in [2.75, 3.05) is 19.0 Å². The zero-order valence-electron chi connectivity index (χ0n) is 18.0. The Morgan fingerprint density at radius 3 is 2.48 bits per heavy atom. The fraction of sp³-hybridized carbons (Fsp3) is 0.261. The second kappa shape index (κ2) is 10.7. The van der Waals surface area contributed by atoms with Crippen LogP contribution in [-0.4, -0.2) is 35.8 Å². The van der Waals surface area contributed by atoms with E-state index in [1.54, 1.807) is 48.8 Å². The third kappa shape index (κ3) is 7.37. The molecule has 1 amide bonds. The van der Waals surface area contributed by atoms with E-state index in [1.807, 2.05) is 6.92 Å². The molecular formula is C23H22F3N3O4. The number of nitrogens with zero attached hydrogens (tertiary/aromatic N) is 2. The molecule has 1 N–H and O–H groups in total. The van der Waals surface area contributed by atoms with Crippen molar-refractivity contribution in [1.29, 1.82) is 0 Å². The minimum absolute atomic E-state index is 0.0122. The molecule has 0 aliphatic rings. The predicted octanol–water partition coefficient (Wildman–Crippen LogP) is 5.10. The van der Waals surface area contributed by atoms with E-state index in [1.165, 1.54) is 13.2 Å². The minimum Gasteiger partial charge on any atom is -0.493 e. The van der Waals surface area contributed by atoms with Gasteiger partial charge in [0, 0.05) is 24.5 Å². The number of hydrogen-bond donors (Lipinski definition) is 1. The van der Waals surface area contributed by atoms with Crippen LogP contribution < -0.4 is 19.5 Å². The van der Waals surface area contributed by atoms with Gasteiger partial charge < -0.3 is 19.5 Å². The highest BCUT2D eigenvalue weighted by molar-refractivity contribution is 5.91. The molecule has 0 aliphatic carbocycles. The lowest BCUT2D eigenvalue weighted by Gasteiger charge is -2.14. The van der Waals surface area contributed by atoms with Gasteiger partial charge in [0.2, 0.25) is 5.91 Å². The van der Waals surface area contributed by atoms with Crippen LogP contribution in [0.2, 0.25) is 0 Å². The number of carbonyl (C=O) groups excluding carboxylic acids is 1. The second-order valence-corrected chi connectivity index (χ2v) is 7.05. The number of halogens is 3. The summed E-state index contributed by atoms with van der Waals surface area (Å²) in [6, 6.07) is 11.6. The molecule has 0 fully saturated rings. The van der Waals surface area contributed by atoms with E-state index < -0.39 is 12.8 Å². The lowest BCUT2D eigenvalue weighted by Crippen LogP contribution is -2.19. The van der Waals surface area contributed by atoms with Crippen LogP contribution in [-0.2, 0) is 11.2 Å². The van der Waals surface area contributed by atoms with Crippen molar-refractivity contribution in [3.8, 4) is 23.3 Å². The summed E-state index contributed by atoms with van der Waals surface area (Å²) in [5, 5.41) is 2.84. The van der Waals surface area contributed by atoms with Crippen LogP contribution in [0.25, 0.3) is 0 Å². The highest BCUT2D eigenvalue weighted by Crippen LogP contribution is 2.30. The molecule has 0 unspecified atom stereocenters. The van der Waals surface area contributed by atoms with Crippen LogP contribution in [0.3, 0.4) is 0 Å². The monoisotopic (exact) mass is 461 g/mol. The van der Waals surface area contributed by atoms with Crippen molar-refractivity contribution in [3.63, 3.8) is 0 Å². The molecule has 0 bridgehead atoms. The first-order chi connectivity index (χ1) is 15.7. The fourth-order valence-corrected chi connectivity index (χ4v) is 2.90. The lowest BCUT2D eigenvalue weighted by atomic mass is 10.1. The third-order valence-electron chi connectivity index (χ3n) is 4.48. The van der Waals surface area contributed by atoms with Gasteiger partial charge in [-0.2, -0.15) is 13.2 Å². The van der Waals surface area contributed by atoms with E-state index >= 15 is 0 Å². The number of benzene rings is 2. The summed E-state index contributed by atoms with van der Waals surface area (Å²) in [7, 11) is 1.34. The summed E-state index contributed by atoms with van der Waals surface area (Å²) in [6.45, 7) is 0.422. The van der Waals surface area contributed by atoms with Crippen molar-refractivity contribution in [2.45, 2.75) is 25.9 Å². The molecule has 33 heavy (non-hydrogen) atoms. The highest BCUT2D eigenvalue weighted by atomic mass is 19.4. The third-order valence-corrected chi connectivity index (χ3v) is 4.48. The van der Waals surface area contributed by atoms with Crippen LogP contribution in [0, 0.1) is 6.92 Å². The smallest absolute Gasteiger partial charge is 0.422 e. The van der Waals surface area contributed by atoms with Crippen molar-refractivity contribution < 1.29 is 32.2 Å². The standard InChI is InChI=1S/C23H22F3N3O4/c1-15-12-17(33-22-27-10-3-11-28-22)6-7-18(15)29-21(30)9-5-16-4-8-19(20(13-16)31-2)32-14-23(24,25)26/h3-4,6-8,10-13H,5,9,14H2,1-2H3,(H,29,30). The zero-order chi connectivity index (χ0) is 23.8. The number of carbonyl (C=O) groups is 1. The second-order valence-electron chi connectivity index (χ2n) is 7.05. The number of nitrogens with one attached hydrogen (secondary N) is 1. The number of amides is 1. The van der Waals surface area contributed by atoms with Crippen LogP contribution in [0.1, 0.15) is 17.5 Å². The number of ether oxygens (including phenoxy) is 3. The average Bonchev–Trinajstić information content (AvgIpc) is 2.78. The van der Waals surface area contributed by atoms with Gasteiger partial charge in [-0.25, -0.2) is 9.97 Å². The predicted molar refractivity (Wildman–Crippen MR) is 115 cm³/mol. The molecule has 2 aromatic carbocycles. The van der Waals surface area contributed by atoms with Gasteiger partial charge in [0.15, 0.2) is 18.1 Å². The van der Waals surface area contributed by atoms with Crippen LogP contribution in [0.5, 0.6) is 23.3 Å². The lowest BCUT2D eigenvalue weighted by molar-refractivity contribution is -0.153. The van der Waals surface area contributed by atoms with Crippen molar-refractivity contribution in [3.05, 3.63) is 66.0 Å². The largest absolute Gasteiger partial charge is 0.493 e. The van der Waals surface area contributed by atoms with Gasteiger partial charge in [0.25, 0.3) is 0 Å². The summed E-state index contributed by atoms with van der Waals surface area (Å²) >= 11 is 0. The maximum absolute atomic E-state index is 12.4. The topological polar surface area (TPSA) is 82.6 Å². The Labute approximate surface area is 188 Å². The summed E-state index contributed by atoms with van der Waals surface area (Å²) < 4.78 is 52.6. The Morgan fingerprint density at radius 1 is 1.06 bits per heavy atom. The van der Waals surface area contributed by atoms with Gasteiger partial charge in [0.1, 0.15) is 5.75 Å². The molecule has 3 aromatic rings. The molecule has 0 radical (unpaired) electrons. The van der Waals surface area contributed by atoms with Gasteiger partial charge in [-0.05, 0) is 60.9 Å². The van der Waals surface area contributed by atoms with Gasteiger partial charge in [0.05, 0.1) is 7.11 Å². The van der Waals surface area contributed by atoms with Gasteiger partial charge in [-0.1, -0.05) is 6.07 Å². The number of hydrogen-bond acceptors (Lipinski definition) is 6. The quantitative estimate of drug-likeness (QED) is 0.478. The van der Waals surface area contributed by atoms with E-state index in [2.05, 4.69) is 15.3 Å². The normalized spacial score (nSPS) is 11.1. The van der Waals surface area contributed by atoms with E-state index in [-0.39, 0.29) is 29.8 Å². The molecule has 0 spiro atoms. The van der Waals surface area contributed by atoms with E-state index in [9.17, 15) is 18.0 Å². The maximum atomic E-state index is 12.4. The molecule has 174 valence electrons. The molecule has 0 aliphatic heterocycles. The Kier molecular flexibility index (Phi) is 7.70. The summed E-state index contributed by atoms with van der Waals surface area (Å²) in [5.41, 5.74) is 2.16. The Hall–Kier alpha value is -3.82. The van der Waals surface area contributed by atoms with E-state index in [0.717, 1.165) is 11.1 Å². The van der Waals surface area contributed by atoms with Crippen molar-refractivity contribution >= 4 is 11.6 Å². The minimum atomic E-state index is -4.44. The first kappa shape index (κ1) is 23.8. The molecular weight excluding hydrogens is 439 g/mol. The molecule has 1 heterocycles. The van der Waals surface area contributed by atoms with E-state index in [4.69, 9.17) is 14.2 Å². The van der Waals surface area contributed by atoms with Gasteiger partial charge >= 0.3 is 12.2 Å². The SMILES string of the molecule is COc1cc(CCC(=O)Nc2ccc(Oc3ncccn3)cc2C)ccc1OCC(F)(F)F. The summed E-state index contributed by atoms with van der Waals surface area (Å²) in [4.78, 5) is 20.4. The first-order valence-corrected chi connectivity index (χ1v) is 9.95. The molecule has 7 nitrogen and oxygen atoms in total. The fourth-order valence-electron chi connectivity index (χ4n) is 2.90. The van der Waals surface area contributed by atoms with E-state index in [0.29, 0.717) is 17.9 Å². The number of methoxy groups -OCH3 is 1. The Morgan fingerprint density at radius 2 is 1.82 bits per heavy atom. The highest BCUT2D eigenvalue weighted by Gasteiger charge is 2.29. The van der Waals surface area contributed by atoms with Crippen LogP contribution in [0.4, 0.5) is 18.9 Å². The molecule has 1 aromatic heterocycles. The number of rotatable bonds is 9. The number of alkyl halides is 3. The average molecular weight is 461 g/mol. The van der Waals surface area contributed by atoms with Crippen molar-refractivity contribution in [2.24, 2.45) is 0 Å². The molecule has 0 saturated heterocycles. The van der Waals surface area contributed by atoms with Crippen LogP contribution >= 0.6 is 0 Å². The number of anilines is 1. The van der Waals surface area contributed by atoms with Gasteiger partial charge in [-0.3, -0.25) is 4.79 Å². The number of aromatic nitrogens is 2. The Balaban J connectivity index is 1.55.